The molecule has 1 fully saturated rings. The molecule has 2 aromatic carbocycles. The van der Waals surface area contributed by atoms with Crippen LogP contribution in [0.2, 0.25) is 0 Å². The fourth-order valence-corrected chi connectivity index (χ4v) is 4.25. The van der Waals surface area contributed by atoms with E-state index in [-0.39, 0.29) is 11.6 Å². The van der Waals surface area contributed by atoms with E-state index < -0.39 is 4.92 Å². The average Bonchev–Trinajstić information content (AvgIpc) is 3.32. The van der Waals surface area contributed by atoms with Gasteiger partial charge in [0.05, 0.1) is 28.2 Å². The molecular weight excluding hydrogens is 424 g/mol. The molecule has 1 aliphatic heterocycles. The number of furan rings is 1. The molecule has 7 nitrogen and oxygen atoms in total. The molecule has 0 radical (unpaired) electrons. The molecule has 0 bridgehead atoms. The van der Waals surface area contributed by atoms with E-state index in [2.05, 4.69) is 0 Å². The van der Waals surface area contributed by atoms with Crippen molar-refractivity contribution in [2.24, 2.45) is 0 Å². The normalized spacial score (nSPS) is 15.1. The number of nitro groups is 1. The second kappa shape index (κ2) is 8.13. The fourth-order valence-electron chi connectivity index (χ4n) is 2.97. The molecule has 0 saturated carbocycles. The molecule has 0 unspecified atom stereocenters. The minimum absolute atomic E-state index is 0.0516. The second-order valence-electron chi connectivity index (χ2n) is 6.19. The van der Waals surface area contributed by atoms with Crippen molar-refractivity contribution in [2.75, 3.05) is 12.0 Å². The Hall–Kier alpha value is -3.43. The zero-order valence-corrected chi connectivity index (χ0v) is 17.2. The Morgan fingerprint density at radius 2 is 1.87 bits per heavy atom. The minimum Gasteiger partial charge on any atom is -0.497 e. The number of anilines is 1. The van der Waals surface area contributed by atoms with Crippen LogP contribution in [0.4, 0.5) is 11.4 Å². The molecule has 30 heavy (non-hydrogen) atoms. The topological polar surface area (TPSA) is 85.8 Å². The number of nitro benzene ring substituents is 1. The summed E-state index contributed by atoms with van der Waals surface area (Å²) in [6.07, 6.45) is 1.58. The molecule has 2 heterocycles. The maximum absolute atomic E-state index is 12.9. The van der Waals surface area contributed by atoms with E-state index in [1.165, 1.54) is 11.0 Å². The van der Waals surface area contributed by atoms with Crippen LogP contribution in [0.1, 0.15) is 5.76 Å². The van der Waals surface area contributed by atoms with Gasteiger partial charge >= 0.3 is 0 Å². The van der Waals surface area contributed by atoms with Crippen molar-refractivity contribution in [3.05, 3.63) is 81.4 Å². The Labute approximate surface area is 181 Å². The molecule has 3 aromatic rings. The Balaban J connectivity index is 1.61. The van der Waals surface area contributed by atoms with E-state index in [4.69, 9.17) is 21.4 Å². The number of hydrogen-bond acceptors (Lipinski definition) is 7. The third-order valence-electron chi connectivity index (χ3n) is 4.39. The highest BCUT2D eigenvalue weighted by molar-refractivity contribution is 8.27. The van der Waals surface area contributed by atoms with Crippen molar-refractivity contribution < 1.29 is 18.9 Å². The molecule has 0 aliphatic carbocycles. The van der Waals surface area contributed by atoms with E-state index in [9.17, 15) is 14.9 Å². The Bertz CT molecular complexity index is 1180. The number of thioether (sulfide) groups is 1. The molecule has 1 saturated heterocycles. The summed E-state index contributed by atoms with van der Waals surface area (Å²) in [5, 5.41) is 11.2. The van der Waals surface area contributed by atoms with Gasteiger partial charge in [-0.3, -0.25) is 19.8 Å². The predicted octanol–water partition coefficient (Wildman–Crippen LogP) is 5.27. The zero-order valence-electron chi connectivity index (χ0n) is 15.6. The number of benzene rings is 2. The first-order valence-electron chi connectivity index (χ1n) is 8.73. The van der Waals surface area contributed by atoms with E-state index in [0.717, 1.165) is 11.8 Å². The van der Waals surface area contributed by atoms with E-state index in [1.807, 2.05) is 0 Å². The van der Waals surface area contributed by atoms with E-state index in [1.54, 1.807) is 67.8 Å². The molecular formula is C21H14N2O5S2. The third-order valence-corrected chi connectivity index (χ3v) is 5.69. The number of thiocarbonyl (C=S) groups is 1. The van der Waals surface area contributed by atoms with Crippen molar-refractivity contribution in [3.63, 3.8) is 0 Å². The van der Waals surface area contributed by atoms with Crippen LogP contribution in [0, 0.1) is 10.1 Å². The SMILES string of the molecule is COc1ccc(N2C(=O)/C(=C\c3ccc(-c4ccccc4[N+](=O)[O-])o3)SC2=S)cc1. The first-order valence-corrected chi connectivity index (χ1v) is 9.96. The number of carbonyl (C=O) groups excluding carboxylic acids is 1. The number of ether oxygens (including phenoxy) is 1. The van der Waals surface area contributed by atoms with Crippen LogP contribution in [0.3, 0.4) is 0 Å². The standard InChI is InChI=1S/C21H14N2O5S2/c1-27-14-8-6-13(7-9-14)22-20(24)19(30-21(22)29)12-15-10-11-18(28-15)16-4-2-3-5-17(16)23(25)26/h2-12H,1H3/b19-12+. The highest BCUT2D eigenvalue weighted by Crippen LogP contribution is 2.37. The van der Waals surface area contributed by atoms with Crippen LogP contribution in [0.25, 0.3) is 17.4 Å². The lowest BCUT2D eigenvalue weighted by molar-refractivity contribution is -0.384. The van der Waals surface area contributed by atoms with Gasteiger partial charge in [-0.05, 0) is 42.5 Å². The monoisotopic (exact) mass is 438 g/mol. The summed E-state index contributed by atoms with van der Waals surface area (Å²) in [7, 11) is 1.57. The van der Waals surface area contributed by atoms with Gasteiger partial charge in [-0.15, -0.1) is 0 Å². The largest absolute Gasteiger partial charge is 0.497 e. The lowest BCUT2D eigenvalue weighted by Gasteiger charge is -2.14. The summed E-state index contributed by atoms with van der Waals surface area (Å²) in [6, 6.07) is 16.6. The lowest BCUT2D eigenvalue weighted by atomic mass is 10.1. The number of methoxy groups -OCH3 is 1. The molecule has 0 spiro atoms. The third kappa shape index (κ3) is 3.72. The van der Waals surface area contributed by atoms with Gasteiger partial charge in [-0.25, -0.2) is 0 Å². The number of amides is 1. The average molecular weight is 438 g/mol. The van der Waals surface area contributed by atoms with Gasteiger partial charge in [-0.2, -0.15) is 0 Å². The van der Waals surface area contributed by atoms with Crippen LogP contribution in [0.15, 0.2) is 70.0 Å². The first-order chi connectivity index (χ1) is 14.5. The van der Waals surface area contributed by atoms with Crippen molar-refractivity contribution in [1.82, 2.24) is 0 Å². The first kappa shape index (κ1) is 19.9. The Kier molecular flexibility index (Phi) is 5.39. The van der Waals surface area contributed by atoms with Gasteiger partial charge < -0.3 is 9.15 Å². The van der Waals surface area contributed by atoms with Gasteiger partial charge in [0.1, 0.15) is 17.3 Å². The summed E-state index contributed by atoms with van der Waals surface area (Å²) in [5.74, 6) is 1.16. The minimum atomic E-state index is -0.461. The lowest BCUT2D eigenvalue weighted by Crippen LogP contribution is -2.27. The highest BCUT2D eigenvalue weighted by atomic mass is 32.2. The molecule has 0 atom stereocenters. The number of para-hydroxylation sites is 1. The van der Waals surface area contributed by atoms with Gasteiger partial charge in [0.25, 0.3) is 11.6 Å². The molecule has 1 amide bonds. The fraction of sp³-hybridized carbons (Fsp3) is 0.0476. The smallest absolute Gasteiger partial charge is 0.280 e. The summed E-state index contributed by atoms with van der Waals surface area (Å²) in [4.78, 5) is 25.5. The van der Waals surface area contributed by atoms with Crippen LogP contribution < -0.4 is 9.64 Å². The van der Waals surface area contributed by atoms with Crippen molar-refractivity contribution in [1.29, 1.82) is 0 Å². The van der Waals surface area contributed by atoms with Gasteiger partial charge in [-0.1, -0.05) is 36.1 Å². The Morgan fingerprint density at radius 1 is 1.13 bits per heavy atom. The van der Waals surface area contributed by atoms with Crippen LogP contribution >= 0.6 is 24.0 Å². The summed E-state index contributed by atoms with van der Waals surface area (Å²) < 4.78 is 11.3. The molecule has 150 valence electrons. The number of carbonyl (C=O) groups is 1. The zero-order chi connectivity index (χ0) is 21.3. The predicted molar refractivity (Wildman–Crippen MR) is 119 cm³/mol. The number of hydrogen-bond donors (Lipinski definition) is 0. The van der Waals surface area contributed by atoms with Crippen LogP contribution in [0.5, 0.6) is 5.75 Å². The van der Waals surface area contributed by atoms with Gasteiger partial charge in [0, 0.05) is 12.1 Å². The molecule has 1 aliphatic rings. The van der Waals surface area contributed by atoms with Crippen molar-refractivity contribution in [2.45, 2.75) is 0 Å². The number of rotatable bonds is 5. The summed E-state index contributed by atoms with van der Waals surface area (Å²) in [5.41, 5.74) is 0.957. The van der Waals surface area contributed by atoms with E-state index in [0.29, 0.717) is 37.7 Å². The van der Waals surface area contributed by atoms with Crippen LogP contribution in [-0.2, 0) is 4.79 Å². The summed E-state index contributed by atoms with van der Waals surface area (Å²) in [6.45, 7) is 0. The molecule has 1 aromatic heterocycles. The van der Waals surface area contributed by atoms with E-state index >= 15 is 0 Å². The molecule has 9 heteroatoms. The van der Waals surface area contributed by atoms with Gasteiger partial charge in [0.15, 0.2) is 4.32 Å². The Morgan fingerprint density at radius 3 is 2.57 bits per heavy atom. The van der Waals surface area contributed by atoms with Crippen molar-refractivity contribution in [3.8, 4) is 17.1 Å². The quantitative estimate of drug-likeness (QED) is 0.232. The van der Waals surface area contributed by atoms with Crippen LogP contribution in [-0.4, -0.2) is 22.3 Å². The maximum Gasteiger partial charge on any atom is 0.280 e. The molecule has 4 rings (SSSR count). The maximum atomic E-state index is 12.9. The highest BCUT2D eigenvalue weighted by Gasteiger charge is 2.33. The summed E-state index contributed by atoms with van der Waals surface area (Å²) >= 11 is 6.54. The second-order valence-corrected chi connectivity index (χ2v) is 7.87. The van der Waals surface area contributed by atoms with Gasteiger partial charge in [0.2, 0.25) is 0 Å². The number of nitrogens with zero attached hydrogens (tertiary/aromatic N) is 2. The van der Waals surface area contributed by atoms with Crippen molar-refractivity contribution >= 4 is 51.7 Å². The molecule has 0 N–H and O–H groups in total.